The molecule has 0 spiro atoms. The lowest BCUT2D eigenvalue weighted by Gasteiger charge is -2.28. The first-order valence-corrected chi connectivity index (χ1v) is 15.9. The van der Waals surface area contributed by atoms with E-state index < -0.39 is 0 Å². The van der Waals surface area contributed by atoms with E-state index in [1.54, 1.807) is 0 Å². The van der Waals surface area contributed by atoms with Gasteiger partial charge in [0.05, 0.1) is 54.2 Å². The molecule has 0 atom stereocenters. The van der Waals surface area contributed by atoms with E-state index in [0.717, 1.165) is 82.3 Å². The molecular weight excluding hydrogens is 588 g/mol. The van der Waals surface area contributed by atoms with Crippen LogP contribution < -0.4 is 20.3 Å². The maximum Gasteiger partial charge on any atom is 0.257 e. The highest BCUT2D eigenvalue weighted by molar-refractivity contribution is 6.13. The number of hydrogen-bond donors (Lipinski definition) is 2. The van der Waals surface area contributed by atoms with Crippen LogP contribution in [0.4, 0.5) is 22.7 Å². The van der Waals surface area contributed by atoms with Crippen molar-refractivity contribution in [2.24, 2.45) is 0 Å². The van der Waals surface area contributed by atoms with Gasteiger partial charge in [0.1, 0.15) is 5.75 Å². The van der Waals surface area contributed by atoms with Crippen LogP contribution in [0.1, 0.15) is 21.5 Å². The molecule has 3 aromatic carbocycles. The SMILES string of the molecule is O=C1Nc2cc(CCOc3ccc(N4CCOCC4)cc3)ccc2Nc2cc(-c3cn(Cc4ccncc4)c4cnccc34)ccc21. The zero-order valence-electron chi connectivity index (χ0n) is 25.9. The second-order valence-corrected chi connectivity index (χ2v) is 11.8. The van der Waals surface area contributed by atoms with Gasteiger partial charge >= 0.3 is 0 Å². The summed E-state index contributed by atoms with van der Waals surface area (Å²) in [6.07, 6.45) is 10.2. The van der Waals surface area contributed by atoms with Crippen LogP contribution in [-0.4, -0.2) is 53.4 Å². The zero-order valence-corrected chi connectivity index (χ0v) is 25.9. The number of nitrogens with one attached hydrogen (secondary N) is 2. The largest absolute Gasteiger partial charge is 0.493 e. The number of rotatable bonds is 8. The molecule has 0 aliphatic carbocycles. The predicted octanol–water partition coefficient (Wildman–Crippen LogP) is 6.91. The summed E-state index contributed by atoms with van der Waals surface area (Å²) in [5, 5.41) is 7.74. The van der Waals surface area contributed by atoms with E-state index in [4.69, 9.17) is 9.47 Å². The van der Waals surface area contributed by atoms with Gasteiger partial charge in [-0.2, -0.15) is 0 Å². The molecule has 234 valence electrons. The van der Waals surface area contributed by atoms with Crippen LogP contribution in [0.2, 0.25) is 0 Å². The number of aromatic nitrogens is 3. The molecule has 0 unspecified atom stereocenters. The molecule has 0 saturated carbocycles. The van der Waals surface area contributed by atoms with Crippen LogP contribution >= 0.6 is 0 Å². The highest BCUT2D eigenvalue weighted by Crippen LogP contribution is 2.37. The van der Waals surface area contributed by atoms with Crippen molar-refractivity contribution in [2.75, 3.05) is 48.4 Å². The number of anilines is 4. The van der Waals surface area contributed by atoms with Crippen LogP contribution in [0.25, 0.3) is 22.0 Å². The average Bonchev–Trinajstić information content (AvgIpc) is 3.41. The Morgan fingerprint density at radius 2 is 1.60 bits per heavy atom. The fourth-order valence-electron chi connectivity index (χ4n) is 6.35. The third-order valence-corrected chi connectivity index (χ3v) is 8.84. The Bertz CT molecular complexity index is 2050. The van der Waals surface area contributed by atoms with Crippen molar-refractivity contribution in [1.29, 1.82) is 0 Å². The van der Waals surface area contributed by atoms with Crippen molar-refractivity contribution in [1.82, 2.24) is 14.5 Å². The second kappa shape index (κ2) is 12.6. The number of amides is 1. The monoisotopic (exact) mass is 622 g/mol. The Balaban J connectivity index is 0.985. The minimum Gasteiger partial charge on any atom is -0.493 e. The van der Waals surface area contributed by atoms with Gasteiger partial charge in [-0.05, 0) is 83.4 Å². The number of pyridine rings is 2. The molecule has 2 aliphatic rings. The summed E-state index contributed by atoms with van der Waals surface area (Å²) in [5.41, 5.74) is 9.53. The number of fused-ring (bicyclic) bond motifs is 3. The number of benzene rings is 3. The molecule has 0 radical (unpaired) electrons. The molecule has 2 N–H and O–H groups in total. The topological polar surface area (TPSA) is 93.5 Å². The summed E-state index contributed by atoms with van der Waals surface area (Å²) in [5.74, 6) is 0.700. The van der Waals surface area contributed by atoms with Crippen LogP contribution in [0, 0.1) is 0 Å². The Hall–Kier alpha value is -5.67. The molecule has 5 heterocycles. The van der Waals surface area contributed by atoms with Crippen LogP contribution in [0.15, 0.2) is 110 Å². The summed E-state index contributed by atoms with van der Waals surface area (Å²) in [6.45, 7) is 4.59. The van der Waals surface area contributed by atoms with Crippen molar-refractivity contribution in [3.05, 3.63) is 127 Å². The van der Waals surface area contributed by atoms with Crippen LogP contribution in [0.5, 0.6) is 5.75 Å². The van der Waals surface area contributed by atoms with Crippen molar-refractivity contribution < 1.29 is 14.3 Å². The van der Waals surface area contributed by atoms with Crippen LogP contribution in [-0.2, 0) is 17.7 Å². The molecule has 3 aromatic heterocycles. The maximum absolute atomic E-state index is 13.4. The van der Waals surface area contributed by atoms with Crippen molar-refractivity contribution in [3.8, 4) is 16.9 Å². The number of carbonyl (C=O) groups excluding carboxylic acids is 1. The van der Waals surface area contributed by atoms with Gasteiger partial charge < -0.3 is 29.6 Å². The lowest BCUT2D eigenvalue weighted by Crippen LogP contribution is -2.36. The van der Waals surface area contributed by atoms with Crippen molar-refractivity contribution in [2.45, 2.75) is 13.0 Å². The second-order valence-electron chi connectivity index (χ2n) is 11.8. The number of ether oxygens (including phenoxy) is 2. The maximum atomic E-state index is 13.4. The predicted molar refractivity (Wildman–Crippen MR) is 185 cm³/mol. The Morgan fingerprint density at radius 1 is 0.766 bits per heavy atom. The molecule has 1 fully saturated rings. The first kappa shape index (κ1) is 28.8. The van der Waals surface area contributed by atoms with Crippen molar-refractivity contribution in [3.63, 3.8) is 0 Å². The smallest absolute Gasteiger partial charge is 0.257 e. The third kappa shape index (κ3) is 6.01. The standard InChI is InChI=1S/C38H34N6O3/c45-38-32-7-2-28(33-25-44(24-27-9-13-39-14-10-27)37-23-40-15-11-31(33)37)22-35(32)41-34-8-1-26(21-36(34)42-38)12-18-47-30-5-3-29(4-6-30)43-16-19-46-20-17-43/h1-11,13-15,21-23,25,41H,12,16-20,24H2,(H,42,45). The molecule has 1 amide bonds. The summed E-state index contributed by atoms with van der Waals surface area (Å²) in [4.78, 5) is 24.2. The summed E-state index contributed by atoms with van der Waals surface area (Å²) < 4.78 is 13.7. The van der Waals surface area contributed by atoms with E-state index in [1.807, 2.05) is 79.4 Å². The van der Waals surface area contributed by atoms with Gasteiger partial charge in [-0.15, -0.1) is 0 Å². The average molecular weight is 623 g/mol. The number of hydrogen-bond acceptors (Lipinski definition) is 7. The van der Waals surface area contributed by atoms with Crippen LogP contribution in [0.3, 0.4) is 0 Å². The summed E-state index contributed by atoms with van der Waals surface area (Å²) >= 11 is 0. The normalized spacial score (nSPS) is 14.1. The summed E-state index contributed by atoms with van der Waals surface area (Å²) in [6, 6.07) is 26.4. The van der Waals surface area contributed by atoms with Gasteiger partial charge in [0.25, 0.3) is 5.91 Å². The lowest BCUT2D eigenvalue weighted by molar-refractivity contribution is 0.102. The first-order valence-electron chi connectivity index (χ1n) is 15.9. The lowest BCUT2D eigenvalue weighted by atomic mass is 10.0. The van der Waals surface area contributed by atoms with E-state index in [-0.39, 0.29) is 5.91 Å². The summed E-state index contributed by atoms with van der Waals surface area (Å²) in [7, 11) is 0. The minimum absolute atomic E-state index is 0.143. The van der Waals surface area contributed by atoms with E-state index in [9.17, 15) is 4.79 Å². The molecule has 6 aromatic rings. The Kier molecular flexibility index (Phi) is 7.72. The zero-order chi connectivity index (χ0) is 31.6. The van der Waals surface area contributed by atoms with E-state index in [2.05, 4.69) is 60.5 Å². The van der Waals surface area contributed by atoms with Gasteiger partial charge in [0, 0.05) is 67.5 Å². The number of morpholine rings is 1. The first-order chi connectivity index (χ1) is 23.2. The highest BCUT2D eigenvalue weighted by atomic mass is 16.5. The Labute approximate surface area is 272 Å². The quantitative estimate of drug-likeness (QED) is 0.191. The fraction of sp³-hybridized carbons (Fsp3) is 0.184. The van der Waals surface area contributed by atoms with Gasteiger partial charge in [0.2, 0.25) is 0 Å². The minimum atomic E-state index is -0.143. The van der Waals surface area contributed by atoms with E-state index in [0.29, 0.717) is 25.1 Å². The van der Waals surface area contributed by atoms with E-state index >= 15 is 0 Å². The molecular formula is C38H34N6O3. The molecule has 0 bridgehead atoms. The van der Waals surface area contributed by atoms with Gasteiger partial charge in [-0.3, -0.25) is 14.8 Å². The van der Waals surface area contributed by atoms with Gasteiger partial charge in [-0.1, -0.05) is 12.1 Å². The molecule has 47 heavy (non-hydrogen) atoms. The van der Waals surface area contributed by atoms with E-state index in [1.165, 1.54) is 5.69 Å². The number of carbonyl (C=O) groups is 1. The third-order valence-electron chi connectivity index (χ3n) is 8.84. The molecule has 9 nitrogen and oxygen atoms in total. The molecule has 9 heteroatoms. The van der Waals surface area contributed by atoms with Crippen molar-refractivity contribution >= 4 is 39.6 Å². The molecule has 1 saturated heterocycles. The number of nitrogens with zero attached hydrogens (tertiary/aromatic N) is 4. The molecule has 2 aliphatic heterocycles. The highest BCUT2D eigenvalue weighted by Gasteiger charge is 2.21. The van der Waals surface area contributed by atoms with Gasteiger partial charge in [0.15, 0.2) is 0 Å². The molecule has 8 rings (SSSR count). The van der Waals surface area contributed by atoms with Gasteiger partial charge in [-0.25, -0.2) is 0 Å². The fourth-order valence-corrected chi connectivity index (χ4v) is 6.35. The Morgan fingerprint density at radius 3 is 2.45 bits per heavy atom.